The molecule has 0 amide bonds. The minimum Gasteiger partial charge on any atom is -0.282 e. The molecule has 0 bridgehead atoms. The maximum atomic E-state index is 13.3. The van der Waals surface area contributed by atoms with E-state index in [9.17, 15) is 12.8 Å². The van der Waals surface area contributed by atoms with Crippen molar-refractivity contribution in [3.8, 4) is 0 Å². The monoisotopic (exact) mass is 230 g/mol. The molecular weight excluding hydrogens is 219 g/mol. The average molecular weight is 230 g/mol. The molecule has 0 aliphatic heterocycles. The summed E-state index contributed by atoms with van der Waals surface area (Å²) in [6.07, 6.45) is -0.634. The lowest BCUT2D eigenvalue weighted by molar-refractivity contribution is 0.405. The second-order valence-corrected chi connectivity index (χ2v) is 4.54. The highest BCUT2D eigenvalue weighted by atomic mass is 32.2. The van der Waals surface area contributed by atoms with Gasteiger partial charge in [-0.3, -0.25) is 4.55 Å². The molecule has 1 atom stereocenters. The summed E-state index contributed by atoms with van der Waals surface area (Å²) in [7, 11) is -4.39. The van der Waals surface area contributed by atoms with Gasteiger partial charge >= 0.3 is 0 Å². The molecule has 15 heavy (non-hydrogen) atoms. The normalized spacial score (nSPS) is 13.5. The first-order valence-electron chi connectivity index (χ1n) is 4.21. The van der Waals surface area contributed by atoms with Crippen molar-refractivity contribution in [1.82, 2.24) is 0 Å². The van der Waals surface area contributed by atoms with Crippen LogP contribution in [-0.4, -0.2) is 13.0 Å². The first-order valence-corrected chi connectivity index (χ1v) is 5.65. The van der Waals surface area contributed by atoms with Gasteiger partial charge in [0.15, 0.2) is 0 Å². The lowest BCUT2D eigenvalue weighted by Gasteiger charge is -2.09. The van der Waals surface area contributed by atoms with E-state index in [0.717, 1.165) is 6.08 Å². The third kappa shape index (κ3) is 2.64. The van der Waals surface area contributed by atoms with E-state index in [0.29, 0.717) is 5.56 Å². The molecule has 1 unspecified atom stereocenters. The van der Waals surface area contributed by atoms with Crippen LogP contribution in [0.15, 0.2) is 35.7 Å². The van der Waals surface area contributed by atoms with Crippen LogP contribution in [-0.2, 0) is 10.1 Å². The number of hydrogen-bond donors (Lipinski definition) is 1. The van der Waals surface area contributed by atoms with Gasteiger partial charge in [0.05, 0.1) is 0 Å². The maximum absolute atomic E-state index is 13.3. The number of halogens is 1. The van der Waals surface area contributed by atoms with Crippen LogP contribution in [0.1, 0.15) is 17.3 Å². The standard InChI is InChI=1S/C10H11FO3S/c1-3-9(11)8-6-7(2)4-5-10(8)15(12,13)14/h3-6,9H,1H2,2H3,(H,12,13,14). The molecule has 0 aromatic heterocycles. The Morgan fingerprint density at radius 2 is 2.13 bits per heavy atom. The molecule has 0 heterocycles. The van der Waals surface area contributed by atoms with Gasteiger partial charge in [0, 0.05) is 5.56 Å². The van der Waals surface area contributed by atoms with Crippen molar-refractivity contribution in [1.29, 1.82) is 0 Å². The lowest BCUT2D eigenvalue weighted by atomic mass is 10.1. The molecule has 0 aliphatic carbocycles. The highest BCUT2D eigenvalue weighted by Gasteiger charge is 2.19. The molecule has 0 spiro atoms. The Bertz CT molecular complexity index is 479. The van der Waals surface area contributed by atoms with E-state index in [-0.39, 0.29) is 5.56 Å². The summed E-state index contributed by atoms with van der Waals surface area (Å²) in [5.41, 5.74) is 0.620. The molecule has 5 heteroatoms. The molecule has 0 aliphatic rings. The van der Waals surface area contributed by atoms with E-state index in [1.807, 2.05) is 0 Å². The lowest BCUT2D eigenvalue weighted by Crippen LogP contribution is -2.04. The van der Waals surface area contributed by atoms with Gasteiger partial charge in [-0.1, -0.05) is 30.4 Å². The highest BCUT2D eigenvalue weighted by molar-refractivity contribution is 7.85. The zero-order valence-electron chi connectivity index (χ0n) is 8.14. The van der Waals surface area contributed by atoms with Crippen molar-refractivity contribution < 1.29 is 17.4 Å². The first kappa shape index (κ1) is 11.9. The third-order valence-electron chi connectivity index (χ3n) is 1.95. The fraction of sp³-hybridized carbons (Fsp3) is 0.200. The van der Waals surface area contributed by atoms with Crippen molar-refractivity contribution in [3.05, 3.63) is 42.0 Å². The largest absolute Gasteiger partial charge is 0.294 e. The van der Waals surface area contributed by atoms with Crippen molar-refractivity contribution >= 4 is 10.1 Å². The van der Waals surface area contributed by atoms with E-state index < -0.39 is 21.2 Å². The van der Waals surface area contributed by atoms with Gasteiger partial charge in [0.1, 0.15) is 11.1 Å². The SMILES string of the molecule is C=CC(F)c1cc(C)ccc1S(=O)(=O)O. The molecule has 1 aromatic rings. The minimum atomic E-state index is -4.39. The summed E-state index contributed by atoms with van der Waals surface area (Å²) in [4.78, 5) is -0.416. The van der Waals surface area contributed by atoms with E-state index in [4.69, 9.17) is 4.55 Å². The Labute approximate surface area is 88.0 Å². The zero-order chi connectivity index (χ0) is 11.6. The van der Waals surface area contributed by atoms with Gasteiger partial charge in [0.25, 0.3) is 10.1 Å². The maximum Gasteiger partial charge on any atom is 0.294 e. The van der Waals surface area contributed by atoms with Crippen molar-refractivity contribution in [2.45, 2.75) is 18.0 Å². The van der Waals surface area contributed by atoms with Crippen LogP contribution in [0.25, 0.3) is 0 Å². The Balaban J connectivity index is 3.46. The van der Waals surface area contributed by atoms with E-state index in [2.05, 4.69) is 6.58 Å². The summed E-state index contributed by atoms with van der Waals surface area (Å²) in [5.74, 6) is 0. The van der Waals surface area contributed by atoms with E-state index >= 15 is 0 Å². The number of allylic oxidation sites excluding steroid dienone is 1. The van der Waals surface area contributed by atoms with Crippen LogP contribution >= 0.6 is 0 Å². The van der Waals surface area contributed by atoms with Gasteiger partial charge in [-0.25, -0.2) is 4.39 Å². The number of aryl methyl sites for hydroxylation is 1. The zero-order valence-corrected chi connectivity index (χ0v) is 8.96. The van der Waals surface area contributed by atoms with Gasteiger partial charge < -0.3 is 0 Å². The summed E-state index contributed by atoms with van der Waals surface area (Å²) in [6, 6.07) is 4.04. The molecule has 82 valence electrons. The summed E-state index contributed by atoms with van der Waals surface area (Å²) in [6.45, 7) is 4.94. The predicted octanol–water partition coefficient (Wildman–Crippen LogP) is 2.44. The molecule has 3 nitrogen and oxygen atoms in total. The Morgan fingerprint density at radius 1 is 1.53 bits per heavy atom. The molecule has 1 aromatic carbocycles. The smallest absolute Gasteiger partial charge is 0.282 e. The fourth-order valence-electron chi connectivity index (χ4n) is 1.25. The average Bonchev–Trinajstić information content (AvgIpc) is 2.14. The summed E-state index contributed by atoms with van der Waals surface area (Å²) in [5, 5.41) is 0. The third-order valence-corrected chi connectivity index (χ3v) is 2.87. The number of benzene rings is 1. The van der Waals surface area contributed by atoms with Gasteiger partial charge in [0.2, 0.25) is 0 Å². The molecule has 0 saturated carbocycles. The number of alkyl halides is 1. The Morgan fingerprint density at radius 3 is 2.60 bits per heavy atom. The van der Waals surface area contributed by atoms with Crippen molar-refractivity contribution in [3.63, 3.8) is 0 Å². The summed E-state index contributed by atoms with van der Waals surface area (Å²) >= 11 is 0. The first-order chi connectivity index (χ1) is 6.86. The Hall–Kier alpha value is -1.20. The van der Waals surface area contributed by atoms with Crippen molar-refractivity contribution in [2.75, 3.05) is 0 Å². The molecule has 0 fully saturated rings. The van der Waals surface area contributed by atoms with Crippen molar-refractivity contribution in [2.24, 2.45) is 0 Å². The van der Waals surface area contributed by atoms with Gasteiger partial charge in [-0.05, 0) is 13.0 Å². The Kier molecular flexibility index (Phi) is 3.26. The van der Waals surface area contributed by atoms with Crippen LogP contribution < -0.4 is 0 Å². The fourth-order valence-corrected chi connectivity index (χ4v) is 1.95. The van der Waals surface area contributed by atoms with Crippen LogP contribution in [0, 0.1) is 6.92 Å². The topological polar surface area (TPSA) is 54.4 Å². The number of rotatable bonds is 3. The highest BCUT2D eigenvalue weighted by Crippen LogP contribution is 2.26. The molecule has 0 saturated heterocycles. The minimum absolute atomic E-state index is 0.0903. The van der Waals surface area contributed by atoms with Gasteiger partial charge in [-0.15, -0.1) is 0 Å². The van der Waals surface area contributed by atoms with Crippen LogP contribution in [0.4, 0.5) is 4.39 Å². The predicted molar refractivity (Wildman–Crippen MR) is 55.0 cm³/mol. The second-order valence-electron chi connectivity index (χ2n) is 3.15. The van der Waals surface area contributed by atoms with Crippen LogP contribution in [0.5, 0.6) is 0 Å². The summed E-state index contributed by atoms with van der Waals surface area (Å²) < 4.78 is 44.1. The molecular formula is C10H11FO3S. The van der Waals surface area contributed by atoms with Crippen LogP contribution in [0.3, 0.4) is 0 Å². The second kappa shape index (κ2) is 4.12. The van der Waals surface area contributed by atoms with Crippen LogP contribution in [0.2, 0.25) is 0 Å². The van der Waals surface area contributed by atoms with E-state index in [1.165, 1.54) is 18.2 Å². The quantitative estimate of drug-likeness (QED) is 0.641. The molecule has 1 rings (SSSR count). The van der Waals surface area contributed by atoms with E-state index in [1.54, 1.807) is 6.92 Å². The number of hydrogen-bond acceptors (Lipinski definition) is 2. The van der Waals surface area contributed by atoms with Gasteiger partial charge in [-0.2, -0.15) is 8.42 Å². The molecule has 1 N–H and O–H groups in total. The molecule has 0 radical (unpaired) electrons.